The van der Waals surface area contributed by atoms with Crippen LogP contribution in [0.2, 0.25) is 0 Å². The number of nitrogens with zero attached hydrogens (tertiary/aromatic N) is 3. The van der Waals surface area contributed by atoms with Crippen LogP contribution in [-0.4, -0.2) is 35.1 Å². The maximum atomic E-state index is 13.3. The summed E-state index contributed by atoms with van der Waals surface area (Å²) in [6, 6.07) is 8.87. The second-order valence-corrected chi connectivity index (χ2v) is 6.73. The summed E-state index contributed by atoms with van der Waals surface area (Å²) >= 11 is 0. The van der Waals surface area contributed by atoms with E-state index in [2.05, 4.69) is 31.2 Å². The van der Waals surface area contributed by atoms with E-state index >= 15 is 0 Å². The molecule has 0 saturated carbocycles. The average Bonchev–Trinajstić information content (AvgIpc) is 3.04. The molecule has 5 nitrogen and oxygen atoms in total. The fourth-order valence-electron chi connectivity index (χ4n) is 3.48. The normalized spacial score (nSPS) is 17.8. The molecule has 4 rings (SSSR count). The van der Waals surface area contributed by atoms with Gasteiger partial charge in [-0.1, -0.05) is 0 Å². The van der Waals surface area contributed by atoms with Gasteiger partial charge in [0.15, 0.2) is 0 Å². The Balaban J connectivity index is 1.52. The zero-order chi connectivity index (χ0) is 17.2. The second-order valence-electron chi connectivity index (χ2n) is 6.73. The van der Waals surface area contributed by atoms with Crippen molar-refractivity contribution in [2.45, 2.75) is 25.3 Å². The van der Waals surface area contributed by atoms with Crippen molar-refractivity contribution < 1.29 is 4.39 Å². The first-order valence-corrected chi connectivity index (χ1v) is 8.70. The number of hydrogen-bond acceptors (Lipinski definition) is 4. The van der Waals surface area contributed by atoms with E-state index in [-0.39, 0.29) is 5.82 Å². The maximum Gasteiger partial charge on any atom is 0.132 e. The fourth-order valence-corrected chi connectivity index (χ4v) is 3.48. The first-order valence-electron chi connectivity index (χ1n) is 8.70. The van der Waals surface area contributed by atoms with Gasteiger partial charge in [-0.25, -0.2) is 14.4 Å². The zero-order valence-corrected chi connectivity index (χ0v) is 14.3. The van der Waals surface area contributed by atoms with Crippen LogP contribution < -0.4 is 10.2 Å². The van der Waals surface area contributed by atoms with Crippen molar-refractivity contribution in [2.24, 2.45) is 0 Å². The highest BCUT2D eigenvalue weighted by Gasteiger charge is 2.18. The molecular weight excluding hydrogens is 317 g/mol. The van der Waals surface area contributed by atoms with E-state index < -0.39 is 0 Å². The van der Waals surface area contributed by atoms with E-state index in [1.807, 2.05) is 13.1 Å². The van der Waals surface area contributed by atoms with Gasteiger partial charge in [-0.3, -0.25) is 0 Å². The minimum absolute atomic E-state index is 0.215. The van der Waals surface area contributed by atoms with Crippen LogP contribution in [0.3, 0.4) is 0 Å². The van der Waals surface area contributed by atoms with Crippen LogP contribution >= 0.6 is 0 Å². The molecule has 1 fully saturated rings. The van der Waals surface area contributed by atoms with Crippen molar-refractivity contribution in [3.05, 3.63) is 53.9 Å². The number of nitrogens with one attached hydrogen (secondary N) is 2. The number of aromatic nitrogens is 3. The Bertz CT molecular complexity index is 869. The Morgan fingerprint density at radius 2 is 2.16 bits per heavy atom. The SMILES string of the molecule is CN(Cc1cc2cc(F)ccc2[nH]1)c1cc([C@@H]2CCCNC2)ncn1. The summed E-state index contributed by atoms with van der Waals surface area (Å²) in [5.74, 6) is 1.15. The molecule has 0 radical (unpaired) electrons. The van der Waals surface area contributed by atoms with Crippen molar-refractivity contribution in [1.29, 1.82) is 0 Å². The molecular formula is C19H22FN5. The van der Waals surface area contributed by atoms with Crippen LogP contribution in [0.15, 0.2) is 36.7 Å². The van der Waals surface area contributed by atoms with E-state index in [9.17, 15) is 4.39 Å². The van der Waals surface area contributed by atoms with Crippen molar-refractivity contribution >= 4 is 16.7 Å². The number of halogens is 1. The number of anilines is 1. The third kappa shape index (κ3) is 3.49. The van der Waals surface area contributed by atoms with Gasteiger partial charge in [0.05, 0.1) is 12.2 Å². The predicted octanol–water partition coefficient (Wildman–Crippen LogP) is 3.20. The Kier molecular flexibility index (Phi) is 4.36. The van der Waals surface area contributed by atoms with Gasteiger partial charge in [0.2, 0.25) is 0 Å². The number of hydrogen-bond donors (Lipinski definition) is 2. The Morgan fingerprint density at radius 3 is 3.00 bits per heavy atom. The average molecular weight is 339 g/mol. The summed E-state index contributed by atoms with van der Waals surface area (Å²) in [5.41, 5.74) is 3.08. The largest absolute Gasteiger partial charge is 0.357 e. The summed E-state index contributed by atoms with van der Waals surface area (Å²) in [6.07, 6.45) is 4.00. The lowest BCUT2D eigenvalue weighted by Crippen LogP contribution is -2.29. The van der Waals surface area contributed by atoms with Crippen LogP contribution in [0.1, 0.15) is 30.1 Å². The van der Waals surface area contributed by atoms with Crippen molar-refractivity contribution in [1.82, 2.24) is 20.3 Å². The molecule has 0 bridgehead atoms. The van der Waals surface area contributed by atoms with E-state index in [1.54, 1.807) is 18.5 Å². The summed E-state index contributed by atoms with van der Waals surface area (Å²) in [6.45, 7) is 2.75. The molecule has 0 amide bonds. The first kappa shape index (κ1) is 16.0. The van der Waals surface area contributed by atoms with Crippen LogP contribution in [0, 0.1) is 5.82 Å². The van der Waals surface area contributed by atoms with Gasteiger partial charge in [0, 0.05) is 42.2 Å². The van der Waals surface area contributed by atoms with Gasteiger partial charge in [0.25, 0.3) is 0 Å². The molecule has 6 heteroatoms. The maximum absolute atomic E-state index is 13.3. The molecule has 0 aliphatic carbocycles. The van der Waals surface area contributed by atoms with Crippen LogP contribution in [0.25, 0.3) is 10.9 Å². The molecule has 1 saturated heterocycles. The van der Waals surface area contributed by atoms with Crippen molar-refractivity contribution in [3.63, 3.8) is 0 Å². The molecule has 2 aromatic heterocycles. The minimum atomic E-state index is -0.215. The lowest BCUT2D eigenvalue weighted by molar-refractivity contribution is 0.454. The summed E-state index contributed by atoms with van der Waals surface area (Å²) in [7, 11) is 2.01. The van der Waals surface area contributed by atoms with Gasteiger partial charge in [-0.05, 0) is 43.7 Å². The standard InChI is InChI=1S/C19H22FN5/c1-25(11-16-8-14-7-15(20)4-5-17(14)24-16)19-9-18(22-12-23-19)13-3-2-6-21-10-13/h4-5,7-9,12-13,21,24H,2-3,6,10-11H2,1H3/t13-/m1/s1. The molecule has 1 aromatic carbocycles. The lowest BCUT2D eigenvalue weighted by Gasteiger charge is -2.23. The van der Waals surface area contributed by atoms with E-state index in [1.165, 1.54) is 18.9 Å². The van der Waals surface area contributed by atoms with Crippen LogP contribution in [-0.2, 0) is 6.54 Å². The molecule has 1 atom stereocenters. The molecule has 2 N–H and O–H groups in total. The third-order valence-corrected chi connectivity index (χ3v) is 4.83. The second kappa shape index (κ2) is 6.80. The fraction of sp³-hybridized carbons (Fsp3) is 0.368. The highest BCUT2D eigenvalue weighted by Crippen LogP contribution is 2.24. The molecule has 130 valence electrons. The molecule has 1 aliphatic heterocycles. The number of H-pyrrole nitrogens is 1. The van der Waals surface area contributed by atoms with Gasteiger partial charge >= 0.3 is 0 Å². The monoisotopic (exact) mass is 339 g/mol. The molecule has 0 unspecified atom stereocenters. The Labute approximate surface area is 146 Å². The van der Waals surface area contributed by atoms with Crippen molar-refractivity contribution in [2.75, 3.05) is 25.0 Å². The molecule has 3 aromatic rings. The van der Waals surface area contributed by atoms with Crippen molar-refractivity contribution in [3.8, 4) is 0 Å². The highest BCUT2D eigenvalue weighted by molar-refractivity contribution is 5.80. The number of piperidine rings is 1. The van der Waals surface area contributed by atoms with Gasteiger partial charge < -0.3 is 15.2 Å². The van der Waals surface area contributed by atoms with Gasteiger partial charge in [-0.15, -0.1) is 0 Å². The smallest absolute Gasteiger partial charge is 0.132 e. The van der Waals surface area contributed by atoms with Crippen LogP contribution in [0.4, 0.5) is 10.2 Å². The van der Waals surface area contributed by atoms with E-state index in [4.69, 9.17) is 0 Å². The topological polar surface area (TPSA) is 56.8 Å². The highest BCUT2D eigenvalue weighted by atomic mass is 19.1. The quantitative estimate of drug-likeness (QED) is 0.766. The summed E-state index contributed by atoms with van der Waals surface area (Å²) < 4.78 is 13.3. The number of fused-ring (bicyclic) bond motifs is 1. The Morgan fingerprint density at radius 1 is 1.24 bits per heavy atom. The predicted molar refractivity (Wildman–Crippen MR) is 97.2 cm³/mol. The number of aromatic amines is 1. The molecule has 3 heterocycles. The molecule has 25 heavy (non-hydrogen) atoms. The Hall–Kier alpha value is -2.47. The van der Waals surface area contributed by atoms with Crippen LogP contribution in [0.5, 0.6) is 0 Å². The summed E-state index contributed by atoms with van der Waals surface area (Å²) in [5, 5.41) is 4.32. The van der Waals surface area contributed by atoms with E-state index in [0.717, 1.165) is 41.2 Å². The molecule has 1 aliphatic rings. The zero-order valence-electron chi connectivity index (χ0n) is 14.3. The lowest BCUT2D eigenvalue weighted by atomic mass is 9.96. The van der Waals surface area contributed by atoms with Gasteiger partial charge in [-0.2, -0.15) is 0 Å². The van der Waals surface area contributed by atoms with E-state index in [0.29, 0.717) is 12.5 Å². The summed E-state index contributed by atoms with van der Waals surface area (Å²) in [4.78, 5) is 14.3. The number of rotatable bonds is 4. The van der Waals surface area contributed by atoms with Gasteiger partial charge in [0.1, 0.15) is 18.0 Å². The first-order chi connectivity index (χ1) is 12.2. The third-order valence-electron chi connectivity index (χ3n) is 4.83. The molecule has 0 spiro atoms. The minimum Gasteiger partial charge on any atom is -0.357 e. The number of benzene rings is 1.